The Morgan fingerprint density at radius 3 is 2.69 bits per heavy atom. The number of nitrogens with one attached hydrogen (secondary N) is 1. The molecule has 0 saturated carbocycles. The van der Waals surface area contributed by atoms with E-state index in [0.717, 1.165) is 0 Å². The second-order valence-electron chi connectivity index (χ2n) is 3.47. The highest BCUT2D eigenvalue weighted by Crippen LogP contribution is 2.17. The lowest BCUT2D eigenvalue weighted by Gasteiger charge is -2.16. The van der Waals surface area contributed by atoms with Crippen LogP contribution in [0.25, 0.3) is 0 Å². The predicted octanol–water partition coefficient (Wildman–Crippen LogP) is -0.0717. The van der Waals surface area contributed by atoms with Crippen molar-refractivity contribution in [1.29, 1.82) is 0 Å². The Hall–Kier alpha value is -0.110. The van der Waals surface area contributed by atoms with Gasteiger partial charge in [0.2, 0.25) is 0 Å². The molecule has 1 aliphatic heterocycles. The van der Waals surface area contributed by atoms with Gasteiger partial charge in [-0.05, 0) is 12.2 Å². The van der Waals surface area contributed by atoms with Crippen LogP contribution in [-0.4, -0.2) is 56.8 Å². The molecule has 8 heteroatoms. The highest BCUT2D eigenvalue weighted by Gasteiger charge is 2.36. The van der Waals surface area contributed by atoms with Crippen molar-refractivity contribution in [3.05, 3.63) is 0 Å². The van der Waals surface area contributed by atoms with Crippen molar-refractivity contribution in [1.82, 2.24) is 5.32 Å². The van der Waals surface area contributed by atoms with E-state index in [4.69, 9.17) is 33.3 Å². The molecule has 0 spiro atoms. The molecule has 1 aliphatic rings. The molecule has 5 nitrogen and oxygen atoms in total. The van der Waals surface area contributed by atoms with Crippen LogP contribution < -0.4 is 5.32 Å². The molecule has 0 aliphatic carbocycles. The molecule has 1 N–H and O–H groups in total. The monoisotopic (exact) mass is 287 g/mol. The number of hydrogen-bond donors (Lipinski definition) is 1. The summed E-state index contributed by atoms with van der Waals surface area (Å²) in [6.07, 6.45) is 0. The minimum atomic E-state index is -3.05. The minimum absolute atomic E-state index is 0.00502. The van der Waals surface area contributed by atoms with E-state index in [-0.39, 0.29) is 22.7 Å². The van der Waals surface area contributed by atoms with Crippen molar-refractivity contribution in [3.63, 3.8) is 0 Å². The number of halogens is 1. The number of hydrogen-bond acceptors (Lipinski definition) is 5. The van der Waals surface area contributed by atoms with Gasteiger partial charge in [-0.15, -0.1) is 11.6 Å². The summed E-state index contributed by atoms with van der Waals surface area (Å²) in [7, 11) is -1.50. The van der Waals surface area contributed by atoms with Crippen molar-refractivity contribution in [3.8, 4) is 0 Å². The average Bonchev–Trinajstić information content (AvgIpc) is 2.40. The molecule has 1 heterocycles. The molecule has 0 aromatic carbocycles. The van der Waals surface area contributed by atoms with Crippen molar-refractivity contribution in [2.24, 2.45) is 0 Å². The maximum Gasteiger partial charge on any atom is 0.257 e. The third-order valence-corrected chi connectivity index (χ3v) is 4.72. The molecular weight excluding hydrogens is 274 g/mol. The van der Waals surface area contributed by atoms with Gasteiger partial charge in [-0.25, -0.2) is 8.42 Å². The van der Waals surface area contributed by atoms with Crippen molar-refractivity contribution < 1.29 is 17.9 Å². The summed E-state index contributed by atoms with van der Waals surface area (Å²) in [6.45, 7) is 0.754. The molecule has 94 valence electrons. The molecule has 1 rings (SSSR count). The summed E-state index contributed by atoms with van der Waals surface area (Å²) in [5.74, 6) is -0.0259. The van der Waals surface area contributed by atoms with Gasteiger partial charge in [0.1, 0.15) is 6.61 Å². The minimum Gasteiger partial charge on any atom is -0.469 e. The van der Waals surface area contributed by atoms with Crippen LogP contribution in [0.4, 0.5) is 0 Å². The van der Waals surface area contributed by atoms with E-state index in [1.165, 1.54) is 0 Å². The van der Waals surface area contributed by atoms with Crippen LogP contribution in [-0.2, 0) is 19.3 Å². The number of sulfone groups is 1. The maximum atomic E-state index is 11.3. The Morgan fingerprint density at radius 1 is 1.50 bits per heavy atom. The van der Waals surface area contributed by atoms with Gasteiger partial charge in [-0.3, -0.25) is 0 Å². The van der Waals surface area contributed by atoms with Crippen LogP contribution in [0.5, 0.6) is 0 Å². The smallest absolute Gasteiger partial charge is 0.257 e. The summed E-state index contributed by atoms with van der Waals surface area (Å²) < 4.78 is 32.4. The van der Waals surface area contributed by atoms with E-state index in [0.29, 0.717) is 13.2 Å². The van der Waals surface area contributed by atoms with E-state index in [1.807, 2.05) is 0 Å². The normalized spacial score (nSPS) is 27.6. The van der Waals surface area contributed by atoms with Crippen LogP contribution >= 0.6 is 23.8 Å². The summed E-state index contributed by atoms with van der Waals surface area (Å²) in [5, 5.41) is 2.48. The molecule has 1 saturated heterocycles. The van der Waals surface area contributed by atoms with Crippen molar-refractivity contribution in [2.45, 2.75) is 11.4 Å². The third kappa shape index (κ3) is 4.40. The highest BCUT2D eigenvalue weighted by atomic mass is 35.5. The average molecular weight is 288 g/mol. The fourth-order valence-electron chi connectivity index (χ4n) is 1.35. The first-order valence-corrected chi connectivity index (χ1v) is 7.38. The number of thiocarbonyl (C=S) groups is 1. The molecular formula is C8H14ClNO4S2. The quantitative estimate of drug-likeness (QED) is 0.444. The Labute approximate surface area is 105 Å². The zero-order chi connectivity index (χ0) is 12.2. The predicted molar refractivity (Wildman–Crippen MR) is 65.6 cm³/mol. The number of methoxy groups -OCH3 is 1. The fourth-order valence-corrected chi connectivity index (χ4v) is 4.13. The zero-order valence-electron chi connectivity index (χ0n) is 8.81. The summed E-state index contributed by atoms with van der Waals surface area (Å²) >= 11 is 10.8. The number of ether oxygens (including phenoxy) is 2. The highest BCUT2D eigenvalue weighted by molar-refractivity contribution is 7.91. The van der Waals surface area contributed by atoms with E-state index in [2.05, 4.69) is 5.32 Å². The molecule has 0 amide bonds. The van der Waals surface area contributed by atoms with Gasteiger partial charge in [0.25, 0.3) is 5.17 Å². The molecule has 0 aromatic heterocycles. The zero-order valence-corrected chi connectivity index (χ0v) is 11.2. The molecule has 0 unspecified atom stereocenters. The Morgan fingerprint density at radius 2 is 2.19 bits per heavy atom. The summed E-state index contributed by atoms with van der Waals surface area (Å²) in [4.78, 5) is 0. The Balaban J connectivity index is 2.35. The lowest BCUT2D eigenvalue weighted by Crippen LogP contribution is -2.41. The molecule has 0 bridgehead atoms. The lowest BCUT2D eigenvalue weighted by molar-refractivity contribution is 0.139. The van der Waals surface area contributed by atoms with Crippen molar-refractivity contribution in [2.75, 3.05) is 31.8 Å². The lowest BCUT2D eigenvalue weighted by atomic mass is 10.3. The number of rotatable bonds is 4. The van der Waals surface area contributed by atoms with Crippen LogP contribution in [0.2, 0.25) is 0 Å². The van der Waals surface area contributed by atoms with Crippen molar-refractivity contribution >= 4 is 38.8 Å². The SMILES string of the molecule is COCCOC(=S)N[C@@H]1CS(=O)(=O)C[C@H]1Cl. The first kappa shape index (κ1) is 14.0. The largest absolute Gasteiger partial charge is 0.469 e. The van der Waals surface area contributed by atoms with Crippen LogP contribution in [0.1, 0.15) is 0 Å². The van der Waals surface area contributed by atoms with E-state index < -0.39 is 15.2 Å². The van der Waals surface area contributed by atoms with Crippen LogP contribution in [0, 0.1) is 0 Å². The third-order valence-electron chi connectivity index (χ3n) is 2.11. The summed E-state index contributed by atoms with van der Waals surface area (Å²) in [6, 6.07) is -0.373. The van der Waals surface area contributed by atoms with Gasteiger partial charge < -0.3 is 14.8 Å². The van der Waals surface area contributed by atoms with Crippen LogP contribution in [0.15, 0.2) is 0 Å². The molecule has 16 heavy (non-hydrogen) atoms. The van der Waals surface area contributed by atoms with Gasteiger partial charge in [0.15, 0.2) is 9.84 Å². The molecule has 1 fully saturated rings. The molecule has 0 radical (unpaired) electrons. The van der Waals surface area contributed by atoms with Gasteiger partial charge in [0, 0.05) is 7.11 Å². The van der Waals surface area contributed by atoms with E-state index in [9.17, 15) is 8.42 Å². The first-order chi connectivity index (χ1) is 7.44. The fraction of sp³-hybridized carbons (Fsp3) is 0.875. The standard InChI is InChI=1S/C8H14ClNO4S2/c1-13-2-3-14-8(15)10-7-5-16(11,12)4-6(7)9/h6-7H,2-5H2,1H3,(H,10,15)/t6-,7-/m1/s1. The Kier molecular flexibility index (Phi) is 5.23. The number of alkyl halides is 1. The van der Waals surface area contributed by atoms with Crippen LogP contribution in [0.3, 0.4) is 0 Å². The Bertz CT molecular complexity index is 346. The van der Waals surface area contributed by atoms with Gasteiger partial charge in [-0.2, -0.15) is 0 Å². The molecule has 0 aromatic rings. The maximum absolute atomic E-state index is 11.3. The summed E-state index contributed by atoms with van der Waals surface area (Å²) in [5.41, 5.74) is 0. The molecule has 2 atom stereocenters. The second-order valence-corrected chi connectivity index (χ2v) is 6.56. The van der Waals surface area contributed by atoms with Gasteiger partial charge in [-0.1, -0.05) is 0 Å². The van der Waals surface area contributed by atoms with Gasteiger partial charge in [0.05, 0.1) is 29.5 Å². The first-order valence-electron chi connectivity index (χ1n) is 4.71. The van der Waals surface area contributed by atoms with E-state index in [1.54, 1.807) is 7.11 Å². The second kappa shape index (κ2) is 6.00. The van der Waals surface area contributed by atoms with E-state index >= 15 is 0 Å². The van der Waals surface area contributed by atoms with Gasteiger partial charge >= 0.3 is 0 Å². The topological polar surface area (TPSA) is 64.6 Å².